The smallest absolute Gasteiger partial charge is 0.342 e. The first-order chi connectivity index (χ1) is 33.1. The molecule has 69 heavy (non-hydrogen) atoms. The van der Waals surface area contributed by atoms with Gasteiger partial charge in [-0.05, 0) is 122 Å². The van der Waals surface area contributed by atoms with Crippen molar-refractivity contribution in [1.29, 1.82) is 0 Å². The summed E-state index contributed by atoms with van der Waals surface area (Å²) in [6.07, 6.45) is 3.78. The van der Waals surface area contributed by atoms with Gasteiger partial charge in [0.25, 0.3) is 0 Å². The highest BCUT2D eigenvalue weighted by molar-refractivity contribution is 6.99. The van der Waals surface area contributed by atoms with Crippen molar-refractivity contribution in [3.8, 4) is 22.3 Å². The Morgan fingerprint density at radius 2 is 0.826 bits per heavy atom. The van der Waals surface area contributed by atoms with Gasteiger partial charge in [-0.15, -0.1) is 0 Å². The predicted molar refractivity (Wildman–Crippen MR) is 287 cm³/mol. The van der Waals surface area contributed by atoms with Gasteiger partial charge in [-0.2, -0.15) is 0 Å². The third kappa shape index (κ3) is 6.32. The second-order valence-electron chi connectivity index (χ2n) is 22.2. The molecule has 0 bridgehead atoms. The minimum Gasteiger partial charge on any atom is -0.468 e. The molecule has 2 aliphatic rings. The molecule has 7 aromatic carbocycles. The SMILES string of the molecule is CC(C)(C)c1cc2c3c(c1)N(c1cccc(-c4coc5ccccc45)c1)c1c(oc4ccc(C(C)(C)C)cc14)B3c1oc3ccc(C(C)(C)C)cc3c1N2c1cccc(-c2coc3ccccc23)c1. The second kappa shape index (κ2) is 14.4. The summed E-state index contributed by atoms with van der Waals surface area (Å²) >= 11 is 0. The van der Waals surface area contributed by atoms with Crippen LogP contribution in [-0.2, 0) is 16.2 Å². The number of furan rings is 4. The number of rotatable bonds is 4. The topological polar surface area (TPSA) is 59.0 Å². The van der Waals surface area contributed by atoms with Crippen LogP contribution in [0.15, 0.2) is 176 Å². The molecule has 11 aromatic rings. The molecule has 6 nitrogen and oxygen atoms in total. The third-order valence-corrected chi connectivity index (χ3v) is 14.6. The van der Waals surface area contributed by atoms with Gasteiger partial charge in [0.15, 0.2) is 0 Å². The maximum Gasteiger partial charge on any atom is 0.342 e. The summed E-state index contributed by atoms with van der Waals surface area (Å²) in [5.41, 5.74) is 20.1. The lowest BCUT2D eigenvalue weighted by molar-refractivity contribution is 0.590. The Kier molecular flexibility index (Phi) is 8.70. The Balaban J connectivity index is 1.15. The molecule has 0 amide bonds. The van der Waals surface area contributed by atoms with Crippen LogP contribution in [0.1, 0.15) is 79.0 Å². The zero-order valence-electron chi connectivity index (χ0n) is 40.6. The average Bonchev–Trinajstić information content (AvgIpc) is 4.13. The van der Waals surface area contributed by atoms with Gasteiger partial charge in [0.1, 0.15) is 33.7 Å². The van der Waals surface area contributed by atoms with E-state index in [0.717, 1.165) is 117 Å². The maximum atomic E-state index is 7.35. The van der Waals surface area contributed by atoms with Gasteiger partial charge >= 0.3 is 6.71 Å². The van der Waals surface area contributed by atoms with E-state index in [4.69, 9.17) is 17.7 Å². The summed E-state index contributed by atoms with van der Waals surface area (Å²) in [6, 6.07) is 52.7. The van der Waals surface area contributed by atoms with Crippen molar-refractivity contribution in [2.45, 2.75) is 78.6 Å². The lowest BCUT2D eigenvalue weighted by Gasteiger charge is -2.42. The Bertz CT molecular complexity index is 3650. The molecule has 0 fully saturated rings. The summed E-state index contributed by atoms with van der Waals surface area (Å²) in [7, 11) is 0. The van der Waals surface area contributed by atoms with Gasteiger partial charge in [0, 0.05) is 55.4 Å². The van der Waals surface area contributed by atoms with Crippen molar-refractivity contribution in [3.63, 3.8) is 0 Å². The summed E-state index contributed by atoms with van der Waals surface area (Å²) in [5.74, 6) is 0. The fourth-order valence-electron chi connectivity index (χ4n) is 10.9. The lowest BCUT2D eigenvalue weighted by atomic mass is 9.37. The van der Waals surface area contributed by atoms with Crippen LogP contribution in [0.5, 0.6) is 0 Å². The number of hydrogen-bond acceptors (Lipinski definition) is 6. The molecule has 0 aliphatic carbocycles. The van der Waals surface area contributed by atoms with Crippen molar-refractivity contribution in [1.82, 2.24) is 0 Å². The predicted octanol–water partition coefficient (Wildman–Crippen LogP) is 16.0. The number of hydrogen-bond donors (Lipinski definition) is 0. The first kappa shape index (κ1) is 41.5. The minimum atomic E-state index is -0.362. The molecule has 0 saturated carbocycles. The molecule has 0 atom stereocenters. The number of anilines is 6. The molecule has 13 rings (SSSR count). The molecule has 7 heteroatoms. The summed E-state index contributed by atoms with van der Waals surface area (Å²) in [4.78, 5) is 4.95. The minimum absolute atomic E-state index is 0.0934. The van der Waals surface area contributed by atoms with E-state index in [-0.39, 0.29) is 23.0 Å². The average molecular weight is 901 g/mol. The van der Waals surface area contributed by atoms with Crippen LogP contribution in [0.25, 0.3) is 66.1 Å². The monoisotopic (exact) mass is 900 g/mol. The van der Waals surface area contributed by atoms with Gasteiger partial charge in [0.05, 0.1) is 23.9 Å². The molecule has 4 aromatic heterocycles. The van der Waals surface area contributed by atoms with E-state index in [1.54, 1.807) is 0 Å². The molecule has 6 heterocycles. The lowest BCUT2D eigenvalue weighted by Crippen LogP contribution is -2.60. The van der Waals surface area contributed by atoms with E-state index in [2.05, 4.69) is 193 Å². The fraction of sp³-hybridized carbons (Fsp3) is 0.194. The Morgan fingerprint density at radius 3 is 1.26 bits per heavy atom. The number of nitrogens with zero attached hydrogens (tertiary/aromatic N) is 2. The Hall–Kier alpha value is -7.64. The standard InChI is InChI=1S/C62H53BN2O4/c1-60(2,3)38-24-26-53-45(30-38)56-58(68-53)63-55-49(64(56)41-18-14-16-36(28-41)47-34-66-51-22-12-10-20-43(47)51)32-40(62(7,8)9)33-50(55)65(57-46-31-39(61(4,5)6)25-27-54(46)69-59(57)63)42-19-15-17-37(29-42)48-35-67-52-23-13-11-21-44(48)52/h10-35H,1-9H3. The number of fused-ring (bicyclic) bond motifs is 10. The summed E-state index contributed by atoms with van der Waals surface area (Å²) < 4.78 is 27.0. The summed E-state index contributed by atoms with van der Waals surface area (Å²) in [6.45, 7) is 20.3. The molecule has 338 valence electrons. The maximum absolute atomic E-state index is 7.35. The molecular formula is C62H53BN2O4. The van der Waals surface area contributed by atoms with Crippen LogP contribution >= 0.6 is 0 Å². The molecular weight excluding hydrogens is 848 g/mol. The van der Waals surface area contributed by atoms with Crippen molar-refractivity contribution >= 4 is 101 Å². The van der Waals surface area contributed by atoms with E-state index in [1.165, 1.54) is 16.7 Å². The third-order valence-electron chi connectivity index (χ3n) is 14.6. The van der Waals surface area contributed by atoms with E-state index in [1.807, 2.05) is 36.8 Å². The Morgan fingerprint density at radius 1 is 0.391 bits per heavy atom. The molecule has 0 spiro atoms. The van der Waals surface area contributed by atoms with Crippen molar-refractivity contribution < 1.29 is 17.7 Å². The van der Waals surface area contributed by atoms with Gasteiger partial charge in [-0.25, -0.2) is 0 Å². The van der Waals surface area contributed by atoms with Crippen molar-refractivity contribution in [2.75, 3.05) is 9.80 Å². The van der Waals surface area contributed by atoms with Crippen LogP contribution < -0.4 is 26.6 Å². The number of benzene rings is 7. The summed E-state index contributed by atoms with van der Waals surface area (Å²) in [5, 5.41) is 4.30. The largest absolute Gasteiger partial charge is 0.468 e. The van der Waals surface area contributed by atoms with Crippen molar-refractivity contribution in [2.24, 2.45) is 0 Å². The van der Waals surface area contributed by atoms with Gasteiger partial charge in [-0.3, -0.25) is 0 Å². The molecule has 0 radical (unpaired) electrons. The van der Waals surface area contributed by atoms with E-state index >= 15 is 0 Å². The number of para-hydroxylation sites is 2. The second-order valence-corrected chi connectivity index (χ2v) is 22.2. The highest BCUT2D eigenvalue weighted by atomic mass is 16.4. The van der Waals surface area contributed by atoms with Gasteiger partial charge in [0.2, 0.25) is 0 Å². The zero-order chi connectivity index (χ0) is 47.3. The van der Waals surface area contributed by atoms with Crippen molar-refractivity contribution in [3.05, 3.63) is 175 Å². The highest BCUT2D eigenvalue weighted by Gasteiger charge is 2.50. The first-order valence-electron chi connectivity index (χ1n) is 24.2. The van der Waals surface area contributed by atoms with E-state index in [9.17, 15) is 0 Å². The van der Waals surface area contributed by atoms with Crippen LogP contribution in [0, 0.1) is 0 Å². The van der Waals surface area contributed by atoms with Crippen LogP contribution in [-0.4, -0.2) is 6.71 Å². The highest BCUT2D eigenvalue weighted by Crippen LogP contribution is 2.51. The van der Waals surface area contributed by atoms with E-state index in [0.29, 0.717) is 0 Å². The van der Waals surface area contributed by atoms with Crippen LogP contribution in [0.2, 0.25) is 0 Å². The van der Waals surface area contributed by atoms with E-state index < -0.39 is 0 Å². The molecule has 0 unspecified atom stereocenters. The fourth-order valence-corrected chi connectivity index (χ4v) is 10.9. The van der Waals surface area contributed by atoms with Crippen LogP contribution in [0.3, 0.4) is 0 Å². The van der Waals surface area contributed by atoms with Gasteiger partial charge in [-0.1, -0.05) is 135 Å². The quantitative estimate of drug-likeness (QED) is 0.164. The molecule has 0 saturated heterocycles. The van der Waals surface area contributed by atoms with Gasteiger partial charge < -0.3 is 27.5 Å². The normalized spacial score (nSPS) is 13.8. The first-order valence-corrected chi connectivity index (χ1v) is 24.2. The molecule has 0 N–H and O–H groups in total. The zero-order valence-corrected chi connectivity index (χ0v) is 40.6. The molecule has 2 aliphatic heterocycles. The Labute approximate surface area is 402 Å². The van der Waals surface area contributed by atoms with Crippen LogP contribution in [0.4, 0.5) is 34.1 Å².